The zero-order chi connectivity index (χ0) is 21.5. The largest absolute Gasteiger partial charge is 0.396 e. The first-order chi connectivity index (χ1) is 14.2. The van der Waals surface area contributed by atoms with Crippen LogP contribution in [-0.4, -0.2) is 29.1 Å². The molecule has 0 aromatic carbocycles. The maximum absolute atomic E-state index is 14.7. The van der Waals surface area contributed by atoms with E-state index in [2.05, 4.69) is 6.92 Å². The molecule has 2 nitrogen and oxygen atoms in total. The van der Waals surface area contributed by atoms with Gasteiger partial charge in [-0.3, -0.25) is 0 Å². The highest BCUT2D eigenvalue weighted by Crippen LogP contribution is 2.27. The monoisotopic (exact) mass is 416 g/mol. The number of halogens is 1. The molecule has 0 aromatic rings. The molecule has 1 unspecified atom stereocenters. The van der Waals surface area contributed by atoms with Gasteiger partial charge < -0.3 is 10.2 Å². The summed E-state index contributed by atoms with van der Waals surface area (Å²) in [6.07, 6.45) is 25.5. The maximum atomic E-state index is 14.7. The van der Waals surface area contributed by atoms with Crippen LogP contribution in [0, 0.1) is 0 Å². The van der Waals surface area contributed by atoms with E-state index >= 15 is 0 Å². The Morgan fingerprint density at radius 2 is 0.793 bits per heavy atom. The van der Waals surface area contributed by atoms with Gasteiger partial charge in [-0.25, -0.2) is 4.39 Å². The Bertz CT molecular complexity index is 311. The van der Waals surface area contributed by atoms with Gasteiger partial charge in [-0.2, -0.15) is 0 Å². The fourth-order valence-electron chi connectivity index (χ4n) is 4.18. The smallest absolute Gasteiger partial charge is 0.134 e. The first-order valence-corrected chi connectivity index (χ1v) is 13.1. The molecule has 2 N–H and O–H groups in total. The van der Waals surface area contributed by atoms with Crippen LogP contribution in [0.25, 0.3) is 0 Å². The molecule has 0 aliphatic carbocycles. The van der Waals surface area contributed by atoms with Crippen molar-refractivity contribution in [3.05, 3.63) is 0 Å². The normalized spacial score (nSPS) is 13.7. The van der Waals surface area contributed by atoms with Crippen LogP contribution in [0.3, 0.4) is 0 Å². The van der Waals surface area contributed by atoms with Gasteiger partial charge in [0, 0.05) is 6.61 Å². The number of aliphatic hydroxyl groups is 2. The molecule has 0 bridgehead atoms. The van der Waals surface area contributed by atoms with Gasteiger partial charge in [0.1, 0.15) is 5.67 Å². The molecule has 0 amide bonds. The second-order valence-electron chi connectivity index (χ2n) is 9.25. The average Bonchev–Trinajstić information content (AvgIpc) is 2.73. The molecule has 0 aliphatic heterocycles. The van der Waals surface area contributed by atoms with Gasteiger partial charge in [-0.15, -0.1) is 0 Å². The topological polar surface area (TPSA) is 40.5 Å². The summed E-state index contributed by atoms with van der Waals surface area (Å²) < 4.78 is 14.7. The van der Waals surface area contributed by atoms with Crippen molar-refractivity contribution in [3.8, 4) is 0 Å². The number of hydrogen-bond acceptors (Lipinski definition) is 2. The minimum absolute atomic E-state index is 0.275. The first-order valence-electron chi connectivity index (χ1n) is 13.1. The van der Waals surface area contributed by atoms with Crippen molar-refractivity contribution in [2.24, 2.45) is 0 Å². The number of unbranched alkanes of at least 4 members (excludes halogenated alkanes) is 18. The fourth-order valence-corrected chi connectivity index (χ4v) is 4.18. The summed E-state index contributed by atoms with van der Waals surface area (Å²) in [5.41, 5.74) is -1.36. The third-order valence-electron chi connectivity index (χ3n) is 6.29. The van der Waals surface area contributed by atoms with Crippen molar-refractivity contribution >= 4 is 0 Å². The molecule has 29 heavy (non-hydrogen) atoms. The molecular formula is C26H53FO2. The third kappa shape index (κ3) is 20.9. The summed E-state index contributed by atoms with van der Waals surface area (Å²) in [5, 5.41) is 18.2. The van der Waals surface area contributed by atoms with Crippen LogP contribution in [0.4, 0.5) is 4.39 Å². The van der Waals surface area contributed by atoms with E-state index in [9.17, 15) is 9.50 Å². The van der Waals surface area contributed by atoms with E-state index in [1.54, 1.807) is 0 Å². The lowest BCUT2D eigenvalue weighted by molar-refractivity contribution is 0.0495. The molecule has 0 spiro atoms. The van der Waals surface area contributed by atoms with E-state index in [1.165, 1.54) is 77.0 Å². The molecule has 0 radical (unpaired) electrons. The summed E-state index contributed by atoms with van der Waals surface area (Å²) in [5.74, 6) is 0. The zero-order valence-corrected chi connectivity index (χ0v) is 19.7. The van der Waals surface area contributed by atoms with Crippen LogP contribution in [0.5, 0.6) is 0 Å². The second kappa shape index (κ2) is 22.5. The molecule has 0 fully saturated rings. The molecule has 0 rings (SSSR count). The lowest BCUT2D eigenvalue weighted by Gasteiger charge is -2.23. The molecule has 0 aliphatic rings. The molecule has 0 saturated heterocycles. The van der Waals surface area contributed by atoms with Crippen LogP contribution in [0.15, 0.2) is 0 Å². The molecule has 176 valence electrons. The third-order valence-corrected chi connectivity index (χ3v) is 6.29. The minimum atomic E-state index is -1.36. The van der Waals surface area contributed by atoms with Crippen LogP contribution in [0.1, 0.15) is 148 Å². The predicted octanol–water partition coefficient (Wildman–Crippen LogP) is 8.28. The Hall–Kier alpha value is -0.150. The van der Waals surface area contributed by atoms with Crippen molar-refractivity contribution in [1.82, 2.24) is 0 Å². The number of alkyl halides is 1. The van der Waals surface area contributed by atoms with Crippen molar-refractivity contribution in [3.63, 3.8) is 0 Å². The van der Waals surface area contributed by atoms with E-state index in [4.69, 9.17) is 5.11 Å². The molecule has 1 atom stereocenters. The molecule has 0 saturated carbocycles. The highest BCUT2D eigenvalue weighted by atomic mass is 19.1. The highest BCUT2D eigenvalue weighted by molar-refractivity contribution is 4.78. The quantitative estimate of drug-likeness (QED) is 0.155. The van der Waals surface area contributed by atoms with Gasteiger partial charge in [0.25, 0.3) is 0 Å². The number of rotatable bonds is 24. The van der Waals surface area contributed by atoms with E-state index in [0.717, 1.165) is 51.4 Å². The van der Waals surface area contributed by atoms with Crippen LogP contribution in [0.2, 0.25) is 0 Å². The Morgan fingerprint density at radius 3 is 1.10 bits per heavy atom. The van der Waals surface area contributed by atoms with E-state index in [-0.39, 0.29) is 13.2 Å². The molecule has 0 heterocycles. The summed E-state index contributed by atoms with van der Waals surface area (Å²) in [7, 11) is 0. The summed E-state index contributed by atoms with van der Waals surface area (Å²) in [4.78, 5) is 0. The van der Waals surface area contributed by atoms with Crippen LogP contribution < -0.4 is 0 Å². The Balaban J connectivity index is 3.41. The van der Waals surface area contributed by atoms with Gasteiger partial charge in [0.15, 0.2) is 0 Å². The van der Waals surface area contributed by atoms with E-state index < -0.39 is 5.67 Å². The van der Waals surface area contributed by atoms with Gasteiger partial charge in [-0.05, 0) is 19.3 Å². The SMILES string of the molecule is CCCCCCCCCCCCCCCCC(F)(CO)CCCCCCCCO. The van der Waals surface area contributed by atoms with Crippen molar-refractivity contribution < 1.29 is 14.6 Å². The lowest BCUT2D eigenvalue weighted by atomic mass is 9.92. The average molecular weight is 417 g/mol. The highest BCUT2D eigenvalue weighted by Gasteiger charge is 2.27. The van der Waals surface area contributed by atoms with E-state index in [0.29, 0.717) is 12.8 Å². The van der Waals surface area contributed by atoms with Crippen LogP contribution in [-0.2, 0) is 0 Å². The predicted molar refractivity (Wildman–Crippen MR) is 125 cm³/mol. The number of aliphatic hydroxyl groups excluding tert-OH is 2. The minimum Gasteiger partial charge on any atom is -0.396 e. The molecular weight excluding hydrogens is 363 g/mol. The summed E-state index contributed by atoms with van der Waals surface area (Å²) >= 11 is 0. The van der Waals surface area contributed by atoms with Gasteiger partial charge >= 0.3 is 0 Å². The number of hydrogen-bond donors (Lipinski definition) is 2. The van der Waals surface area contributed by atoms with Gasteiger partial charge in [0.05, 0.1) is 6.61 Å². The molecule has 3 heteroatoms. The van der Waals surface area contributed by atoms with Crippen LogP contribution >= 0.6 is 0 Å². The van der Waals surface area contributed by atoms with E-state index in [1.807, 2.05) is 0 Å². The molecule has 0 aromatic heterocycles. The first kappa shape index (κ1) is 28.9. The van der Waals surface area contributed by atoms with Gasteiger partial charge in [-0.1, -0.05) is 129 Å². The van der Waals surface area contributed by atoms with Crippen molar-refractivity contribution in [2.75, 3.05) is 13.2 Å². The van der Waals surface area contributed by atoms with Crippen molar-refractivity contribution in [1.29, 1.82) is 0 Å². The summed E-state index contributed by atoms with van der Waals surface area (Å²) in [6.45, 7) is 2.22. The lowest BCUT2D eigenvalue weighted by Crippen LogP contribution is -2.27. The zero-order valence-electron chi connectivity index (χ0n) is 19.7. The Labute approximate surface area is 182 Å². The standard InChI is InChI=1S/C26H53FO2/c1-2-3-4-5-6-7-8-9-10-11-12-13-16-19-22-26(27,25-29)23-20-17-14-15-18-21-24-28/h28-29H,2-25H2,1H3. The Kier molecular flexibility index (Phi) is 22.4. The Morgan fingerprint density at radius 1 is 0.483 bits per heavy atom. The van der Waals surface area contributed by atoms with Gasteiger partial charge in [0.2, 0.25) is 0 Å². The maximum Gasteiger partial charge on any atom is 0.134 e. The second-order valence-corrected chi connectivity index (χ2v) is 9.25. The summed E-state index contributed by atoms with van der Waals surface area (Å²) in [6, 6.07) is 0. The van der Waals surface area contributed by atoms with Crippen molar-refractivity contribution in [2.45, 2.75) is 154 Å². The fraction of sp³-hybridized carbons (Fsp3) is 1.00.